The van der Waals surface area contributed by atoms with E-state index in [1.807, 2.05) is 6.20 Å². The number of aryl methyl sites for hydroxylation is 1. The highest BCUT2D eigenvalue weighted by molar-refractivity contribution is 5.35. The highest BCUT2D eigenvalue weighted by atomic mass is 14.7. The van der Waals surface area contributed by atoms with Crippen LogP contribution in [0.15, 0.2) is 6.20 Å². The number of aromatic nitrogens is 1. The zero-order valence-electron chi connectivity index (χ0n) is 8.72. The molecule has 1 aromatic heterocycles. The number of pyridine rings is 1. The van der Waals surface area contributed by atoms with Gasteiger partial charge in [-0.15, -0.1) is 0 Å². The van der Waals surface area contributed by atoms with Gasteiger partial charge in [0.25, 0.3) is 0 Å². The van der Waals surface area contributed by atoms with Crippen LogP contribution in [0.1, 0.15) is 35.7 Å². The topological polar surface area (TPSA) is 38.9 Å². The molecule has 0 aliphatic heterocycles. The molecule has 0 amide bonds. The van der Waals surface area contributed by atoms with Crippen LogP contribution in [0.2, 0.25) is 0 Å². The molecule has 0 saturated carbocycles. The third kappa shape index (κ3) is 2.07. The standard InChI is InChI=1S/C11H18N2/c1-4-5-11-8(2)10(6-12)7-13-9(11)3/h7H,4-6,12H2,1-3H3. The largest absolute Gasteiger partial charge is 0.326 e. The third-order valence-electron chi connectivity index (χ3n) is 2.51. The van der Waals surface area contributed by atoms with Gasteiger partial charge in [-0.3, -0.25) is 4.98 Å². The monoisotopic (exact) mass is 178 g/mol. The quantitative estimate of drug-likeness (QED) is 0.770. The molecule has 13 heavy (non-hydrogen) atoms. The molecule has 2 N–H and O–H groups in total. The summed E-state index contributed by atoms with van der Waals surface area (Å²) in [6, 6.07) is 0. The first-order valence-electron chi connectivity index (χ1n) is 4.84. The Kier molecular flexibility index (Phi) is 3.43. The molecule has 0 saturated heterocycles. The summed E-state index contributed by atoms with van der Waals surface area (Å²) in [5.41, 5.74) is 10.7. The van der Waals surface area contributed by atoms with Crippen molar-refractivity contribution in [3.8, 4) is 0 Å². The number of hydrogen-bond acceptors (Lipinski definition) is 2. The minimum atomic E-state index is 0.593. The Bertz CT molecular complexity index is 292. The summed E-state index contributed by atoms with van der Waals surface area (Å²) < 4.78 is 0. The fourth-order valence-corrected chi connectivity index (χ4v) is 1.64. The summed E-state index contributed by atoms with van der Waals surface area (Å²) in [6.07, 6.45) is 4.17. The van der Waals surface area contributed by atoms with Crippen LogP contribution in [0.25, 0.3) is 0 Å². The minimum Gasteiger partial charge on any atom is -0.326 e. The Hall–Kier alpha value is -0.890. The van der Waals surface area contributed by atoms with E-state index in [4.69, 9.17) is 5.73 Å². The number of nitrogens with zero attached hydrogens (tertiary/aromatic N) is 1. The summed E-state index contributed by atoms with van der Waals surface area (Å²) in [4.78, 5) is 4.35. The van der Waals surface area contributed by atoms with Crippen molar-refractivity contribution < 1.29 is 0 Å². The fraction of sp³-hybridized carbons (Fsp3) is 0.545. The maximum atomic E-state index is 5.63. The molecule has 0 spiro atoms. The van der Waals surface area contributed by atoms with Crippen molar-refractivity contribution in [2.45, 2.75) is 40.2 Å². The van der Waals surface area contributed by atoms with Gasteiger partial charge in [0.15, 0.2) is 0 Å². The molecule has 1 heterocycles. The molecule has 1 rings (SSSR count). The predicted octanol–water partition coefficient (Wildman–Crippen LogP) is 2.11. The predicted molar refractivity (Wildman–Crippen MR) is 55.6 cm³/mol. The van der Waals surface area contributed by atoms with Crippen LogP contribution in [0.4, 0.5) is 0 Å². The van der Waals surface area contributed by atoms with E-state index in [9.17, 15) is 0 Å². The average molecular weight is 178 g/mol. The molecule has 0 aliphatic rings. The lowest BCUT2D eigenvalue weighted by Crippen LogP contribution is -2.05. The zero-order chi connectivity index (χ0) is 9.84. The molecule has 2 nitrogen and oxygen atoms in total. The van der Waals surface area contributed by atoms with E-state index in [0.29, 0.717) is 6.54 Å². The molecule has 0 radical (unpaired) electrons. The third-order valence-corrected chi connectivity index (χ3v) is 2.51. The Morgan fingerprint density at radius 3 is 2.62 bits per heavy atom. The van der Waals surface area contributed by atoms with Crippen LogP contribution in [-0.4, -0.2) is 4.98 Å². The van der Waals surface area contributed by atoms with Crippen LogP contribution in [0.3, 0.4) is 0 Å². The maximum Gasteiger partial charge on any atom is 0.0407 e. The molecule has 72 valence electrons. The van der Waals surface area contributed by atoms with Gasteiger partial charge in [0.1, 0.15) is 0 Å². The van der Waals surface area contributed by atoms with Crippen molar-refractivity contribution >= 4 is 0 Å². The maximum absolute atomic E-state index is 5.63. The SMILES string of the molecule is CCCc1c(C)ncc(CN)c1C. The van der Waals surface area contributed by atoms with Gasteiger partial charge < -0.3 is 5.73 Å². The second-order valence-corrected chi connectivity index (χ2v) is 3.43. The van der Waals surface area contributed by atoms with E-state index < -0.39 is 0 Å². The van der Waals surface area contributed by atoms with Crippen molar-refractivity contribution in [3.63, 3.8) is 0 Å². The molecule has 2 heteroatoms. The summed E-state index contributed by atoms with van der Waals surface area (Å²) in [7, 11) is 0. The second-order valence-electron chi connectivity index (χ2n) is 3.43. The molecular formula is C11H18N2. The van der Waals surface area contributed by atoms with Crippen LogP contribution >= 0.6 is 0 Å². The van der Waals surface area contributed by atoms with E-state index in [-0.39, 0.29) is 0 Å². The Labute approximate surface area is 80.2 Å². The summed E-state index contributed by atoms with van der Waals surface area (Å²) in [5.74, 6) is 0. The molecule has 0 bridgehead atoms. The Balaban J connectivity index is 3.13. The van der Waals surface area contributed by atoms with Gasteiger partial charge in [-0.1, -0.05) is 13.3 Å². The van der Waals surface area contributed by atoms with Crippen molar-refractivity contribution in [1.29, 1.82) is 0 Å². The lowest BCUT2D eigenvalue weighted by Gasteiger charge is -2.11. The van der Waals surface area contributed by atoms with Gasteiger partial charge in [0, 0.05) is 18.4 Å². The molecule has 0 unspecified atom stereocenters. The van der Waals surface area contributed by atoms with Gasteiger partial charge in [-0.2, -0.15) is 0 Å². The van der Waals surface area contributed by atoms with E-state index in [2.05, 4.69) is 25.8 Å². The van der Waals surface area contributed by atoms with Crippen molar-refractivity contribution in [3.05, 3.63) is 28.6 Å². The molecule has 1 aromatic rings. The van der Waals surface area contributed by atoms with Crippen LogP contribution in [-0.2, 0) is 13.0 Å². The van der Waals surface area contributed by atoms with Crippen LogP contribution in [0.5, 0.6) is 0 Å². The molecule has 0 fully saturated rings. The summed E-state index contributed by atoms with van der Waals surface area (Å²) >= 11 is 0. The van der Waals surface area contributed by atoms with Crippen molar-refractivity contribution in [1.82, 2.24) is 4.98 Å². The summed E-state index contributed by atoms with van der Waals surface area (Å²) in [5, 5.41) is 0. The van der Waals surface area contributed by atoms with E-state index in [0.717, 1.165) is 18.5 Å². The van der Waals surface area contributed by atoms with Crippen molar-refractivity contribution in [2.75, 3.05) is 0 Å². The Morgan fingerprint density at radius 1 is 1.38 bits per heavy atom. The van der Waals surface area contributed by atoms with E-state index >= 15 is 0 Å². The van der Waals surface area contributed by atoms with Crippen LogP contribution < -0.4 is 5.73 Å². The van der Waals surface area contributed by atoms with Gasteiger partial charge in [-0.25, -0.2) is 0 Å². The van der Waals surface area contributed by atoms with E-state index in [1.165, 1.54) is 16.7 Å². The van der Waals surface area contributed by atoms with Gasteiger partial charge >= 0.3 is 0 Å². The molecule has 0 aromatic carbocycles. The zero-order valence-corrected chi connectivity index (χ0v) is 8.72. The molecular weight excluding hydrogens is 160 g/mol. The first kappa shape index (κ1) is 10.2. The smallest absolute Gasteiger partial charge is 0.0407 e. The first-order valence-corrected chi connectivity index (χ1v) is 4.84. The highest BCUT2D eigenvalue weighted by Gasteiger charge is 2.06. The second kappa shape index (κ2) is 4.38. The van der Waals surface area contributed by atoms with Crippen LogP contribution in [0, 0.1) is 13.8 Å². The number of rotatable bonds is 3. The average Bonchev–Trinajstić information content (AvgIpc) is 2.12. The van der Waals surface area contributed by atoms with Gasteiger partial charge in [0.05, 0.1) is 0 Å². The van der Waals surface area contributed by atoms with Gasteiger partial charge in [0.2, 0.25) is 0 Å². The lowest BCUT2D eigenvalue weighted by atomic mass is 9.99. The number of hydrogen-bond donors (Lipinski definition) is 1. The Morgan fingerprint density at radius 2 is 2.08 bits per heavy atom. The minimum absolute atomic E-state index is 0.593. The highest BCUT2D eigenvalue weighted by Crippen LogP contribution is 2.17. The normalized spacial score (nSPS) is 10.5. The van der Waals surface area contributed by atoms with E-state index in [1.54, 1.807) is 0 Å². The van der Waals surface area contributed by atoms with Gasteiger partial charge in [-0.05, 0) is 37.0 Å². The first-order chi connectivity index (χ1) is 6.20. The fourth-order valence-electron chi connectivity index (χ4n) is 1.64. The number of nitrogens with two attached hydrogens (primary N) is 1. The molecule has 0 atom stereocenters. The van der Waals surface area contributed by atoms with Crippen molar-refractivity contribution in [2.24, 2.45) is 5.73 Å². The lowest BCUT2D eigenvalue weighted by molar-refractivity contribution is 0.872. The molecule has 0 aliphatic carbocycles. The summed E-state index contributed by atoms with van der Waals surface area (Å²) in [6.45, 7) is 6.99.